The zero-order valence-electron chi connectivity index (χ0n) is 11.3. The van der Waals surface area contributed by atoms with Gasteiger partial charge in [0.05, 0.1) is 22.0 Å². The van der Waals surface area contributed by atoms with E-state index in [1.807, 2.05) is 36.4 Å². The lowest BCUT2D eigenvalue weighted by atomic mass is 10.1. The fourth-order valence-electron chi connectivity index (χ4n) is 2.13. The summed E-state index contributed by atoms with van der Waals surface area (Å²) in [4.78, 5) is 1.97. The molecule has 2 aromatic carbocycles. The van der Waals surface area contributed by atoms with Crippen molar-refractivity contribution in [3.63, 3.8) is 0 Å². The summed E-state index contributed by atoms with van der Waals surface area (Å²) in [5.74, 6) is 1.60. The second-order valence-electron chi connectivity index (χ2n) is 4.97. The minimum absolute atomic E-state index is 0.494. The Kier molecular flexibility index (Phi) is 3.46. The molecule has 1 aliphatic rings. The van der Waals surface area contributed by atoms with Gasteiger partial charge in [-0.05, 0) is 49.2 Å². The van der Waals surface area contributed by atoms with Crippen molar-refractivity contribution < 1.29 is 14.9 Å². The molecule has 2 atom stereocenters. The standard InChI is InChI=1S/C16H16O3S/c1-9(17)11-3-5-13-15(7-11)20-16-8-12(10(2)18)4-6-14(16)19-13/h3-10,17-18H,1-2H3/t9-,10+. The molecule has 0 radical (unpaired) electrons. The summed E-state index contributed by atoms with van der Waals surface area (Å²) < 4.78 is 5.86. The van der Waals surface area contributed by atoms with Gasteiger partial charge < -0.3 is 14.9 Å². The molecule has 0 amide bonds. The summed E-state index contributed by atoms with van der Waals surface area (Å²) in [5.41, 5.74) is 1.74. The van der Waals surface area contributed by atoms with Crippen LogP contribution in [0.4, 0.5) is 0 Å². The molecule has 3 nitrogen and oxygen atoms in total. The van der Waals surface area contributed by atoms with Crippen LogP contribution in [0.2, 0.25) is 0 Å². The Labute approximate surface area is 122 Å². The quantitative estimate of drug-likeness (QED) is 0.747. The summed E-state index contributed by atoms with van der Waals surface area (Å²) in [6.45, 7) is 3.49. The predicted molar refractivity (Wildman–Crippen MR) is 78.3 cm³/mol. The van der Waals surface area contributed by atoms with Gasteiger partial charge in [-0.15, -0.1) is 0 Å². The second kappa shape index (κ2) is 5.13. The van der Waals surface area contributed by atoms with Crippen LogP contribution in [0.1, 0.15) is 37.2 Å². The van der Waals surface area contributed by atoms with Crippen LogP contribution in [0, 0.1) is 0 Å². The maximum absolute atomic E-state index is 9.65. The molecule has 2 N–H and O–H groups in total. The third kappa shape index (κ3) is 2.42. The average Bonchev–Trinajstić information content (AvgIpc) is 2.43. The number of hydrogen-bond donors (Lipinski definition) is 2. The van der Waals surface area contributed by atoms with Crippen molar-refractivity contribution in [3.05, 3.63) is 47.5 Å². The van der Waals surface area contributed by atoms with Crippen molar-refractivity contribution in [2.75, 3.05) is 0 Å². The maximum Gasteiger partial charge on any atom is 0.141 e. The van der Waals surface area contributed by atoms with Crippen molar-refractivity contribution in [1.29, 1.82) is 0 Å². The topological polar surface area (TPSA) is 49.7 Å². The lowest BCUT2D eigenvalue weighted by molar-refractivity contribution is 0.199. The first-order valence-corrected chi connectivity index (χ1v) is 7.36. The molecule has 0 aliphatic carbocycles. The van der Waals surface area contributed by atoms with Crippen molar-refractivity contribution >= 4 is 11.8 Å². The van der Waals surface area contributed by atoms with Crippen LogP contribution in [0.25, 0.3) is 0 Å². The Balaban J connectivity index is 1.99. The first-order valence-electron chi connectivity index (χ1n) is 6.54. The van der Waals surface area contributed by atoms with Gasteiger partial charge in [0, 0.05) is 0 Å². The highest BCUT2D eigenvalue weighted by atomic mass is 32.2. The predicted octanol–water partition coefficient (Wildman–Crippen LogP) is 4.05. The van der Waals surface area contributed by atoms with E-state index in [0.29, 0.717) is 0 Å². The number of aliphatic hydroxyl groups is 2. The van der Waals surface area contributed by atoms with E-state index < -0.39 is 12.2 Å². The van der Waals surface area contributed by atoms with Crippen molar-refractivity contribution in [3.8, 4) is 11.5 Å². The van der Waals surface area contributed by atoms with Gasteiger partial charge in [-0.2, -0.15) is 0 Å². The molecule has 0 saturated carbocycles. The molecule has 0 bridgehead atoms. The van der Waals surface area contributed by atoms with Gasteiger partial charge in [0.2, 0.25) is 0 Å². The summed E-state index contributed by atoms with van der Waals surface area (Å²) in [6.07, 6.45) is -0.989. The van der Waals surface area contributed by atoms with Crippen molar-refractivity contribution in [1.82, 2.24) is 0 Å². The molecular formula is C16H16O3S. The van der Waals surface area contributed by atoms with Crippen molar-refractivity contribution in [2.45, 2.75) is 35.8 Å². The SMILES string of the molecule is C[C@H](O)c1ccc2c(c1)Sc1cc([C@@H](C)O)ccc1O2. The minimum Gasteiger partial charge on any atom is -0.455 e. The summed E-state index contributed by atoms with van der Waals surface area (Å²) in [7, 11) is 0. The van der Waals surface area contributed by atoms with E-state index in [4.69, 9.17) is 4.74 Å². The van der Waals surface area contributed by atoms with Crippen LogP contribution in [0.3, 0.4) is 0 Å². The van der Waals surface area contributed by atoms with E-state index in [9.17, 15) is 10.2 Å². The highest BCUT2D eigenvalue weighted by Gasteiger charge is 2.19. The molecule has 0 unspecified atom stereocenters. The molecule has 20 heavy (non-hydrogen) atoms. The Morgan fingerprint density at radius 3 is 1.70 bits per heavy atom. The highest BCUT2D eigenvalue weighted by Crippen LogP contribution is 2.48. The zero-order chi connectivity index (χ0) is 14.3. The van der Waals surface area contributed by atoms with Gasteiger partial charge in [0.1, 0.15) is 11.5 Å². The molecule has 2 aromatic rings. The number of fused-ring (bicyclic) bond motifs is 2. The van der Waals surface area contributed by atoms with Gasteiger partial charge in [-0.3, -0.25) is 0 Å². The van der Waals surface area contributed by atoms with E-state index >= 15 is 0 Å². The molecule has 0 saturated heterocycles. The normalized spacial score (nSPS) is 15.8. The van der Waals surface area contributed by atoms with Crippen LogP contribution in [-0.4, -0.2) is 10.2 Å². The van der Waals surface area contributed by atoms with E-state index in [1.54, 1.807) is 25.6 Å². The summed E-state index contributed by atoms with van der Waals surface area (Å²) >= 11 is 1.60. The van der Waals surface area contributed by atoms with Crippen LogP contribution in [-0.2, 0) is 0 Å². The van der Waals surface area contributed by atoms with E-state index in [1.165, 1.54) is 0 Å². The van der Waals surface area contributed by atoms with E-state index in [0.717, 1.165) is 32.4 Å². The fourth-order valence-corrected chi connectivity index (χ4v) is 3.18. The molecule has 3 rings (SSSR count). The van der Waals surface area contributed by atoms with E-state index in [2.05, 4.69) is 0 Å². The Bertz CT molecular complexity index is 595. The van der Waals surface area contributed by atoms with E-state index in [-0.39, 0.29) is 0 Å². The molecule has 1 aliphatic heterocycles. The first-order chi connectivity index (χ1) is 9.54. The lowest BCUT2D eigenvalue weighted by Crippen LogP contribution is -1.99. The monoisotopic (exact) mass is 288 g/mol. The molecule has 1 heterocycles. The number of ether oxygens (including phenoxy) is 1. The highest BCUT2D eigenvalue weighted by molar-refractivity contribution is 7.99. The van der Waals surface area contributed by atoms with Crippen LogP contribution >= 0.6 is 11.8 Å². The van der Waals surface area contributed by atoms with Crippen LogP contribution < -0.4 is 4.74 Å². The van der Waals surface area contributed by atoms with Crippen molar-refractivity contribution in [2.24, 2.45) is 0 Å². The molecular weight excluding hydrogens is 272 g/mol. The molecule has 0 fully saturated rings. The minimum atomic E-state index is -0.494. The number of benzene rings is 2. The third-order valence-corrected chi connectivity index (χ3v) is 4.42. The largest absolute Gasteiger partial charge is 0.455 e. The third-order valence-electron chi connectivity index (χ3n) is 3.34. The van der Waals surface area contributed by atoms with Gasteiger partial charge in [0.25, 0.3) is 0 Å². The second-order valence-corrected chi connectivity index (χ2v) is 6.05. The molecule has 104 valence electrons. The Morgan fingerprint density at radius 2 is 1.30 bits per heavy atom. The maximum atomic E-state index is 9.65. The average molecular weight is 288 g/mol. The summed E-state index contributed by atoms with van der Waals surface area (Å²) in [6, 6.07) is 11.4. The number of aliphatic hydroxyl groups excluding tert-OH is 2. The van der Waals surface area contributed by atoms with Crippen LogP contribution in [0.15, 0.2) is 46.2 Å². The fraction of sp³-hybridized carbons (Fsp3) is 0.250. The lowest BCUT2D eigenvalue weighted by Gasteiger charge is -2.21. The van der Waals surface area contributed by atoms with Crippen LogP contribution in [0.5, 0.6) is 11.5 Å². The van der Waals surface area contributed by atoms with Gasteiger partial charge in [-0.25, -0.2) is 0 Å². The van der Waals surface area contributed by atoms with Gasteiger partial charge in [0.15, 0.2) is 0 Å². The smallest absolute Gasteiger partial charge is 0.141 e. The Morgan fingerprint density at radius 1 is 0.850 bits per heavy atom. The summed E-state index contributed by atoms with van der Waals surface area (Å²) in [5, 5.41) is 19.3. The Hall–Kier alpha value is -1.49. The molecule has 4 heteroatoms. The molecule has 0 aromatic heterocycles. The number of hydrogen-bond acceptors (Lipinski definition) is 4. The van der Waals surface area contributed by atoms with Gasteiger partial charge >= 0.3 is 0 Å². The first kappa shape index (κ1) is 13.5. The molecule has 0 spiro atoms. The van der Waals surface area contributed by atoms with Gasteiger partial charge in [-0.1, -0.05) is 23.9 Å². The number of rotatable bonds is 2. The zero-order valence-corrected chi connectivity index (χ0v) is 12.1.